The van der Waals surface area contributed by atoms with Gasteiger partial charge in [0.25, 0.3) is 0 Å². The molecule has 0 aromatic rings. The first-order chi connectivity index (χ1) is 6.52. The zero-order valence-corrected chi connectivity index (χ0v) is 12.3. The van der Waals surface area contributed by atoms with Gasteiger partial charge in [-0.15, -0.1) is 6.04 Å². The Morgan fingerprint density at radius 3 is 2.36 bits per heavy atom. The summed E-state index contributed by atoms with van der Waals surface area (Å²) in [7, 11) is 0. The van der Waals surface area contributed by atoms with E-state index in [4.69, 9.17) is 0 Å². The third kappa shape index (κ3) is 10.1. The third-order valence-corrected chi connectivity index (χ3v) is 1.48. The maximum atomic E-state index is 9.40. The molecule has 1 aliphatic heterocycles. The van der Waals surface area contributed by atoms with E-state index in [1.165, 1.54) is 19.4 Å². The van der Waals surface area contributed by atoms with E-state index in [-0.39, 0.29) is 6.04 Å². The second kappa shape index (κ2) is 9.61. The molecule has 14 heavy (non-hydrogen) atoms. The Morgan fingerprint density at radius 1 is 1.71 bits per heavy atom. The Kier molecular flexibility index (Phi) is 11.3. The van der Waals surface area contributed by atoms with Crippen molar-refractivity contribution in [3.8, 4) is 0 Å². The van der Waals surface area contributed by atoms with Gasteiger partial charge in [0.2, 0.25) is 0 Å². The van der Waals surface area contributed by atoms with Crippen LogP contribution in [0.3, 0.4) is 0 Å². The van der Waals surface area contributed by atoms with Gasteiger partial charge >= 0.3 is 24.3 Å². The summed E-state index contributed by atoms with van der Waals surface area (Å²) in [5, 5.41) is 13.5. The number of hydrogen-bond donors (Lipinski definition) is 1. The van der Waals surface area contributed by atoms with Gasteiger partial charge in [0, 0.05) is 0 Å². The van der Waals surface area contributed by atoms with Crippen molar-refractivity contribution in [1.82, 2.24) is 0 Å². The molecule has 3 heteroatoms. The van der Waals surface area contributed by atoms with E-state index in [1.807, 2.05) is 13.8 Å². The van der Waals surface area contributed by atoms with Crippen LogP contribution in [0.5, 0.6) is 0 Å². The average Bonchev–Trinajstić information content (AvgIpc) is 2.06. The average molecular weight is 367 g/mol. The summed E-state index contributed by atoms with van der Waals surface area (Å²) < 4.78 is 0. The van der Waals surface area contributed by atoms with E-state index in [0.29, 0.717) is 0 Å². The Balaban J connectivity index is 0. The van der Waals surface area contributed by atoms with Crippen molar-refractivity contribution < 1.29 is 24.5 Å². The minimum atomic E-state index is -0.624. The molecule has 1 rings (SSSR count). The molecule has 0 bridgehead atoms. The van der Waals surface area contributed by atoms with Gasteiger partial charge in [-0.3, -0.25) is 0 Å². The van der Waals surface area contributed by atoms with Crippen LogP contribution in [0.25, 0.3) is 5.32 Å². The predicted molar refractivity (Wildman–Crippen MR) is 60.0 cm³/mol. The molecule has 0 radical (unpaired) electrons. The summed E-state index contributed by atoms with van der Waals surface area (Å²) in [5.74, 6) is 0. The fourth-order valence-electron chi connectivity index (χ4n) is 1.07. The second-order valence-electron chi connectivity index (χ2n) is 3.38. The van der Waals surface area contributed by atoms with Gasteiger partial charge in [0.05, 0.1) is 5.60 Å². The Morgan fingerprint density at radius 2 is 2.14 bits per heavy atom. The fourth-order valence-corrected chi connectivity index (χ4v) is 1.07. The van der Waals surface area contributed by atoms with Crippen molar-refractivity contribution in [3.05, 3.63) is 24.5 Å². The Bertz CT molecular complexity index is 157. The van der Waals surface area contributed by atoms with E-state index in [9.17, 15) is 5.11 Å². The molecule has 0 aromatic heterocycles. The summed E-state index contributed by atoms with van der Waals surface area (Å²) in [4.78, 5) is 3.33. The number of nitrogens with zero attached hydrogens (tertiary/aromatic N) is 1. The van der Waals surface area contributed by atoms with Crippen LogP contribution in [-0.2, 0) is 19.4 Å². The predicted octanol–water partition coefficient (Wildman–Crippen LogP) is 2.61. The van der Waals surface area contributed by atoms with Crippen LogP contribution in [0.2, 0.25) is 0 Å². The van der Waals surface area contributed by atoms with Crippen molar-refractivity contribution in [3.63, 3.8) is 0 Å². The van der Waals surface area contributed by atoms with Gasteiger partial charge in [0.15, 0.2) is 0 Å². The number of aliphatic hydroxyl groups is 1. The second-order valence-corrected chi connectivity index (χ2v) is 3.38. The molecule has 1 N–H and O–H groups in total. The van der Waals surface area contributed by atoms with E-state index in [0.717, 1.165) is 12.8 Å². The van der Waals surface area contributed by atoms with E-state index >= 15 is 0 Å². The number of rotatable bonds is 0. The summed E-state index contributed by atoms with van der Waals surface area (Å²) in [6, 6.07) is 0.269. The molecule has 0 aliphatic carbocycles. The van der Waals surface area contributed by atoms with Gasteiger partial charge in [-0.25, -0.2) is 0 Å². The molecule has 2 unspecified atom stereocenters. The van der Waals surface area contributed by atoms with Crippen LogP contribution in [0, 0.1) is 6.92 Å². The van der Waals surface area contributed by atoms with E-state index in [1.54, 1.807) is 19.2 Å². The molecule has 84 valence electrons. The van der Waals surface area contributed by atoms with Crippen molar-refractivity contribution in [2.45, 2.75) is 45.3 Å². The fraction of sp³-hybridized carbons (Fsp3) is 0.636. The van der Waals surface area contributed by atoms with E-state index in [2.05, 4.69) is 17.1 Å². The van der Waals surface area contributed by atoms with Crippen LogP contribution in [-0.4, -0.2) is 21.7 Å². The summed E-state index contributed by atoms with van der Waals surface area (Å²) in [6.45, 7) is 9.30. The molecular formula is C11H21NOW-2. The van der Waals surface area contributed by atoms with Crippen LogP contribution >= 0.6 is 0 Å². The SMILES string of the molecule is CC1CC(C)(O)C=C[N-]1.[CH2-]CC.[CH2]=[W]. The van der Waals surface area contributed by atoms with Crippen molar-refractivity contribution >= 4 is 4.90 Å². The third-order valence-electron chi connectivity index (χ3n) is 1.48. The van der Waals surface area contributed by atoms with Crippen molar-refractivity contribution in [2.24, 2.45) is 0 Å². The van der Waals surface area contributed by atoms with Crippen LogP contribution in [0.15, 0.2) is 12.3 Å². The molecule has 0 aromatic carbocycles. The zero-order chi connectivity index (χ0) is 11.6. The Labute approximate surface area is 99.2 Å². The van der Waals surface area contributed by atoms with Gasteiger partial charge in [-0.2, -0.15) is 12.6 Å². The molecule has 1 heterocycles. The molecule has 2 atom stereocenters. The van der Waals surface area contributed by atoms with Crippen LogP contribution in [0.1, 0.15) is 33.6 Å². The topological polar surface area (TPSA) is 34.3 Å². The Hall–Kier alpha value is 0.0583. The van der Waals surface area contributed by atoms with Gasteiger partial charge in [0.1, 0.15) is 0 Å². The molecule has 2 nitrogen and oxygen atoms in total. The standard InChI is InChI=1S/C7H12NO.C3H7.CH2.W/c1-6-5-7(2,9)3-4-8-6;1-3-2;;/h3-4,6,9H,5H2,1-2H3;1,3H2,2H3;1H2;/q2*-1;;. The summed E-state index contributed by atoms with van der Waals surface area (Å²) >= 11 is 1.33. The molecule has 0 fully saturated rings. The molecule has 0 saturated heterocycles. The molecular weight excluding hydrogens is 346 g/mol. The molecule has 0 amide bonds. The normalized spacial score (nSPS) is 28.8. The summed E-state index contributed by atoms with van der Waals surface area (Å²) in [5.41, 5.74) is -0.624. The molecule has 0 saturated carbocycles. The van der Waals surface area contributed by atoms with Gasteiger partial charge in [-0.1, -0.05) is 19.9 Å². The van der Waals surface area contributed by atoms with Gasteiger partial charge in [-0.05, 0) is 13.3 Å². The summed E-state index contributed by atoms with van der Waals surface area (Å²) in [6.07, 6.45) is 5.16. The monoisotopic (exact) mass is 367 g/mol. The first-order valence-corrected chi connectivity index (χ1v) is 6.77. The van der Waals surface area contributed by atoms with Crippen LogP contribution in [0.4, 0.5) is 0 Å². The number of hydrogen-bond acceptors (Lipinski definition) is 1. The van der Waals surface area contributed by atoms with Crippen LogP contribution < -0.4 is 0 Å². The zero-order valence-electron chi connectivity index (χ0n) is 9.36. The first kappa shape index (κ1) is 16.5. The van der Waals surface area contributed by atoms with Gasteiger partial charge < -0.3 is 17.3 Å². The molecule has 1 aliphatic rings. The quantitative estimate of drug-likeness (QED) is 0.657. The maximum absolute atomic E-state index is 9.40. The van der Waals surface area contributed by atoms with Crippen molar-refractivity contribution in [1.29, 1.82) is 0 Å². The minimum absolute atomic E-state index is 0.269. The first-order valence-electron chi connectivity index (χ1n) is 4.70. The van der Waals surface area contributed by atoms with E-state index < -0.39 is 5.60 Å². The molecule has 0 spiro atoms. The van der Waals surface area contributed by atoms with Crippen molar-refractivity contribution in [2.75, 3.05) is 0 Å².